The van der Waals surface area contributed by atoms with Gasteiger partial charge in [-0.2, -0.15) is 0 Å². The molecule has 0 bridgehead atoms. The zero-order valence-corrected chi connectivity index (χ0v) is 6.71. The van der Waals surface area contributed by atoms with Gasteiger partial charge in [-0.15, -0.1) is 0 Å². The molecule has 0 fully saturated rings. The minimum absolute atomic E-state index is 0.187. The lowest BCUT2D eigenvalue weighted by atomic mass is 10.5. The zero-order chi connectivity index (χ0) is 9.35. The highest BCUT2D eigenvalue weighted by Crippen LogP contribution is 2.39. The average Bonchev–Trinajstić information content (AvgIpc) is 2.06. The Balaban J connectivity index is 2.97. The summed E-state index contributed by atoms with van der Waals surface area (Å²) in [5, 5.41) is 8.86. The van der Waals surface area contributed by atoms with Crippen LogP contribution in [0.25, 0.3) is 0 Å². The third-order valence-electron chi connectivity index (χ3n) is 1.15. The Morgan fingerprint density at radius 1 is 1.33 bits per heavy atom. The normalized spacial score (nSPS) is 11.8. The molecule has 0 amide bonds. The van der Waals surface area contributed by atoms with Crippen molar-refractivity contribution in [2.75, 3.05) is 0 Å². The second-order valence-electron chi connectivity index (χ2n) is 2.23. The Hall–Kier alpha value is -1.04. The first-order valence-corrected chi connectivity index (χ1v) is 4.73. The quantitative estimate of drug-likeness (QED) is 0.389. The third-order valence-corrected chi connectivity index (χ3v) is 1.87. The lowest BCUT2D eigenvalue weighted by molar-refractivity contribution is 0.369. The van der Waals surface area contributed by atoms with Gasteiger partial charge in [-0.3, -0.25) is 9.55 Å². The van der Waals surface area contributed by atoms with Crippen molar-refractivity contribution >= 4 is 7.60 Å². The summed E-state index contributed by atoms with van der Waals surface area (Å²) in [6.07, 6.45) is -0.683. The molecular formula is C4H7N2O5P. The Bertz CT molecular complexity index is 373. The summed E-state index contributed by atoms with van der Waals surface area (Å²) in [6.45, 7) is 0. The molecule has 1 heterocycles. The van der Waals surface area contributed by atoms with Crippen molar-refractivity contribution in [3.63, 3.8) is 0 Å². The molecule has 0 unspecified atom stereocenters. The van der Waals surface area contributed by atoms with Gasteiger partial charge in [0.15, 0.2) is 0 Å². The van der Waals surface area contributed by atoms with Gasteiger partial charge in [-0.05, 0) is 0 Å². The highest BCUT2D eigenvalue weighted by Gasteiger charge is 2.18. The number of hydrogen-bond donors (Lipinski definition) is 5. The second-order valence-corrected chi connectivity index (χ2v) is 3.87. The van der Waals surface area contributed by atoms with Crippen molar-refractivity contribution in [3.05, 3.63) is 16.2 Å². The average molecular weight is 194 g/mol. The van der Waals surface area contributed by atoms with Gasteiger partial charge in [0.05, 0.1) is 11.9 Å². The smallest absolute Gasteiger partial charge is 0.331 e. The molecule has 0 radical (unpaired) electrons. The molecule has 0 atom stereocenters. The maximum absolute atomic E-state index is 10.5. The van der Waals surface area contributed by atoms with Gasteiger partial charge in [0.2, 0.25) is 5.88 Å². The first-order chi connectivity index (χ1) is 5.38. The number of imidazole rings is 1. The molecule has 1 rings (SSSR count). The highest BCUT2D eigenvalue weighted by atomic mass is 31.2. The number of aromatic nitrogens is 2. The largest absolute Gasteiger partial charge is 0.493 e. The molecule has 8 heteroatoms. The van der Waals surface area contributed by atoms with E-state index in [2.05, 4.69) is 0 Å². The molecule has 1 aromatic heterocycles. The molecule has 0 aliphatic carbocycles. The monoisotopic (exact) mass is 194 g/mol. The first kappa shape index (κ1) is 9.05. The summed E-state index contributed by atoms with van der Waals surface area (Å²) >= 11 is 0. The van der Waals surface area contributed by atoms with E-state index in [0.29, 0.717) is 0 Å². The number of hydrogen-bond acceptors (Lipinski definition) is 3. The van der Waals surface area contributed by atoms with Crippen molar-refractivity contribution in [2.24, 2.45) is 0 Å². The Kier molecular flexibility index (Phi) is 2.10. The minimum Gasteiger partial charge on any atom is -0.493 e. The number of aromatic hydroxyl groups is 1. The van der Waals surface area contributed by atoms with Crippen molar-refractivity contribution in [1.29, 1.82) is 0 Å². The first-order valence-electron chi connectivity index (χ1n) is 2.93. The van der Waals surface area contributed by atoms with Crippen LogP contribution in [-0.2, 0) is 10.7 Å². The summed E-state index contributed by atoms with van der Waals surface area (Å²) in [7, 11) is -4.25. The second kappa shape index (κ2) is 2.78. The minimum atomic E-state index is -4.25. The molecule has 0 saturated heterocycles. The molecule has 0 aromatic carbocycles. The lowest BCUT2D eigenvalue weighted by Crippen LogP contribution is -2.01. The van der Waals surface area contributed by atoms with Crippen LogP contribution in [0.5, 0.6) is 5.88 Å². The van der Waals surface area contributed by atoms with E-state index in [1.54, 1.807) is 0 Å². The Morgan fingerprint density at radius 3 is 2.25 bits per heavy atom. The van der Waals surface area contributed by atoms with E-state index < -0.39 is 25.3 Å². The van der Waals surface area contributed by atoms with Crippen LogP contribution < -0.4 is 5.69 Å². The molecular weight excluding hydrogens is 187 g/mol. The standard InChI is InChI=1S/C4H7N2O5P/c7-3-2(1-12(9,10)11)5-4(8)6-3/h7H,1H2,(H2,5,6,8)(H2,9,10,11). The van der Waals surface area contributed by atoms with Crippen LogP contribution in [0.1, 0.15) is 5.69 Å². The molecule has 68 valence electrons. The van der Waals surface area contributed by atoms with Crippen molar-refractivity contribution in [1.82, 2.24) is 9.97 Å². The van der Waals surface area contributed by atoms with Gasteiger partial charge in [0.25, 0.3) is 0 Å². The fraction of sp³-hybridized carbons (Fsp3) is 0.250. The molecule has 0 spiro atoms. The van der Waals surface area contributed by atoms with Crippen molar-refractivity contribution < 1.29 is 19.5 Å². The predicted octanol–water partition coefficient (Wildman–Crippen LogP) is -0.914. The topological polar surface area (TPSA) is 126 Å². The fourth-order valence-electron chi connectivity index (χ4n) is 0.731. The Morgan fingerprint density at radius 2 is 1.92 bits per heavy atom. The maximum Gasteiger partial charge on any atom is 0.331 e. The predicted molar refractivity (Wildman–Crippen MR) is 38.8 cm³/mol. The molecule has 1 aromatic rings. The highest BCUT2D eigenvalue weighted by molar-refractivity contribution is 7.50. The van der Waals surface area contributed by atoms with E-state index in [9.17, 15) is 9.36 Å². The van der Waals surface area contributed by atoms with E-state index in [1.165, 1.54) is 0 Å². The van der Waals surface area contributed by atoms with Crippen LogP contribution in [0, 0.1) is 0 Å². The molecule has 5 N–H and O–H groups in total. The summed E-state index contributed by atoms with van der Waals surface area (Å²) in [5.74, 6) is -0.539. The van der Waals surface area contributed by atoms with Crippen LogP contribution in [-0.4, -0.2) is 24.9 Å². The van der Waals surface area contributed by atoms with Crippen LogP contribution in [0.4, 0.5) is 0 Å². The number of nitrogens with one attached hydrogen (secondary N) is 2. The van der Waals surface area contributed by atoms with Crippen LogP contribution in [0.15, 0.2) is 4.79 Å². The maximum atomic E-state index is 10.5. The van der Waals surface area contributed by atoms with Crippen LogP contribution >= 0.6 is 7.60 Å². The Labute approximate surface area is 66.2 Å². The van der Waals surface area contributed by atoms with E-state index in [4.69, 9.17) is 14.9 Å². The summed E-state index contributed by atoms with van der Waals surface area (Å²) < 4.78 is 10.4. The molecule has 0 aliphatic heterocycles. The fourth-order valence-corrected chi connectivity index (χ4v) is 1.37. The van der Waals surface area contributed by atoms with E-state index in [1.807, 2.05) is 9.97 Å². The number of rotatable bonds is 2. The van der Waals surface area contributed by atoms with Gasteiger partial charge in [-0.1, -0.05) is 0 Å². The van der Waals surface area contributed by atoms with Crippen LogP contribution in [0.3, 0.4) is 0 Å². The summed E-state index contributed by atoms with van der Waals surface area (Å²) in [6, 6.07) is 0. The molecule has 0 saturated carbocycles. The number of aromatic amines is 2. The molecule has 7 nitrogen and oxygen atoms in total. The van der Waals surface area contributed by atoms with E-state index >= 15 is 0 Å². The number of H-pyrrole nitrogens is 2. The lowest BCUT2D eigenvalue weighted by Gasteiger charge is -1.99. The molecule has 12 heavy (non-hydrogen) atoms. The van der Waals surface area contributed by atoms with E-state index in [0.717, 1.165) is 0 Å². The summed E-state index contributed by atoms with van der Waals surface area (Å²) in [5.41, 5.74) is -0.885. The SMILES string of the molecule is O=c1[nH]c(O)c(CP(=O)(O)O)[nH]1. The van der Waals surface area contributed by atoms with Gasteiger partial charge in [-0.25, -0.2) is 4.79 Å². The van der Waals surface area contributed by atoms with E-state index in [-0.39, 0.29) is 5.69 Å². The van der Waals surface area contributed by atoms with Gasteiger partial charge >= 0.3 is 13.3 Å². The van der Waals surface area contributed by atoms with Crippen LogP contribution in [0.2, 0.25) is 0 Å². The summed E-state index contributed by atoms with van der Waals surface area (Å²) in [4.78, 5) is 31.4. The molecule has 0 aliphatic rings. The van der Waals surface area contributed by atoms with Crippen molar-refractivity contribution in [2.45, 2.75) is 6.16 Å². The third kappa shape index (κ3) is 2.23. The van der Waals surface area contributed by atoms with Gasteiger partial charge < -0.3 is 19.9 Å². The van der Waals surface area contributed by atoms with Gasteiger partial charge in [0.1, 0.15) is 0 Å². The van der Waals surface area contributed by atoms with Gasteiger partial charge in [0, 0.05) is 0 Å². The van der Waals surface area contributed by atoms with Crippen molar-refractivity contribution in [3.8, 4) is 5.88 Å². The zero-order valence-electron chi connectivity index (χ0n) is 5.81.